The van der Waals surface area contributed by atoms with Crippen LogP contribution in [-0.4, -0.2) is 0 Å². The largest absolute Gasteiger partial charge is 0.100 e. The summed E-state index contributed by atoms with van der Waals surface area (Å²) < 4.78 is 0. The third-order valence-corrected chi connectivity index (χ3v) is 3.19. The van der Waals surface area contributed by atoms with E-state index in [1.165, 1.54) is 12.0 Å². The zero-order chi connectivity index (χ0) is 7.94. The number of rotatable bonds is 2. The quantitative estimate of drug-likeness (QED) is 0.514. The molecule has 0 aliphatic heterocycles. The van der Waals surface area contributed by atoms with Crippen molar-refractivity contribution in [2.45, 2.75) is 34.1 Å². The van der Waals surface area contributed by atoms with Gasteiger partial charge in [-0.1, -0.05) is 26.3 Å². The van der Waals surface area contributed by atoms with Gasteiger partial charge in [0.05, 0.1) is 0 Å². The molecule has 0 saturated heterocycles. The molecule has 10 heavy (non-hydrogen) atoms. The highest BCUT2D eigenvalue weighted by Gasteiger charge is 2.53. The van der Waals surface area contributed by atoms with Crippen LogP contribution >= 0.6 is 0 Å². The highest BCUT2D eigenvalue weighted by atomic mass is 14.6. The molecule has 2 unspecified atom stereocenters. The Morgan fingerprint density at radius 1 is 1.50 bits per heavy atom. The maximum absolute atomic E-state index is 3.94. The molecular formula is C10H18. The van der Waals surface area contributed by atoms with Crippen molar-refractivity contribution < 1.29 is 0 Å². The van der Waals surface area contributed by atoms with Gasteiger partial charge < -0.3 is 0 Å². The molecule has 0 heteroatoms. The van der Waals surface area contributed by atoms with Crippen LogP contribution in [0.25, 0.3) is 0 Å². The summed E-state index contributed by atoms with van der Waals surface area (Å²) in [4.78, 5) is 0. The van der Waals surface area contributed by atoms with Crippen LogP contribution in [0, 0.1) is 17.3 Å². The summed E-state index contributed by atoms with van der Waals surface area (Å²) in [5.74, 6) is 1.81. The van der Waals surface area contributed by atoms with Crippen molar-refractivity contribution in [1.29, 1.82) is 0 Å². The van der Waals surface area contributed by atoms with Gasteiger partial charge in [-0.05, 0) is 30.6 Å². The first-order chi connectivity index (χ1) is 4.46. The second-order valence-corrected chi connectivity index (χ2v) is 4.38. The molecule has 0 bridgehead atoms. The van der Waals surface area contributed by atoms with Gasteiger partial charge in [-0.2, -0.15) is 0 Å². The summed E-state index contributed by atoms with van der Waals surface area (Å²) >= 11 is 0. The lowest BCUT2D eigenvalue weighted by molar-refractivity contribution is 0.542. The molecule has 1 fully saturated rings. The van der Waals surface area contributed by atoms with Crippen LogP contribution in [0.4, 0.5) is 0 Å². The Hall–Kier alpha value is -0.260. The normalized spacial score (nSPS) is 35.6. The van der Waals surface area contributed by atoms with E-state index in [2.05, 4.69) is 34.3 Å². The molecule has 0 radical (unpaired) electrons. The lowest BCUT2D eigenvalue weighted by atomic mass is 10.1. The maximum Gasteiger partial charge on any atom is -0.0289 e. The van der Waals surface area contributed by atoms with Crippen LogP contribution in [0.5, 0.6) is 0 Å². The van der Waals surface area contributed by atoms with Crippen LogP contribution in [0.3, 0.4) is 0 Å². The summed E-state index contributed by atoms with van der Waals surface area (Å²) in [6, 6.07) is 0. The lowest BCUT2D eigenvalue weighted by Gasteiger charge is -2.00. The van der Waals surface area contributed by atoms with Crippen molar-refractivity contribution in [3.63, 3.8) is 0 Å². The molecule has 0 heterocycles. The van der Waals surface area contributed by atoms with Gasteiger partial charge in [-0.3, -0.25) is 0 Å². The van der Waals surface area contributed by atoms with E-state index < -0.39 is 0 Å². The van der Waals surface area contributed by atoms with Gasteiger partial charge in [0.1, 0.15) is 0 Å². The molecule has 1 rings (SSSR count). The van der Waals surface area contributed by atoms with E-state index in [4.69, 9.17) is 0 Å². The van der Waals surface area contributed by atoms with Gasteiger partial charge >= 0.3 is 0 Å². The summed E-state index contributed by atoms with van der Waals surface area (Å²) in [5.41, 5.74) is 1.93. The molecule has 2 atom stereocenters. The van der Waals surface area contributed by atoms with Crippen molar-refractivity contribution in [2.75, 3.05) is 0 Å². The number of hydrogen-bond acceptors (Lipinski definition) is 0. The maximum atomic E-state index is 3.94. The van der Waals surface area contributed by atoms with Gasteiger partial charge in [0.25, 0.3) is 0 Å². The van der Waals surface area contributed by atoms with Crippen molar-refractivity contribution in [3.05, 3.63) is 12.2 Å². The molecule has 0 N–H and O–H groups in total. The Kier molecular flexibility index (Phi) is 1.66. The van der Waals surface area contributed by atoms with Crippen molar-refractivity contribution >= 4 is 0 Å². The topological polar surface area (TPSA) is 0 Å². The van der Waals surface area contributed by atoms with E-state index in [0.29, 0.717) is 5.41 Å². The highest BCUT2D eigenvalue weighted by molar-refractivity contribution is 5.08. The Labute approximate surface area is 64.3 Å². The van der Waals surface area contributed by atoms with Crippen LogP contribution in [0.1, 0.15) is 34.1 Å². The van der Waals surface area contributed by atoms with E-state index in [1.807, 2.05) is 0 Å². The average molecular weight is 138 g/mol. The standard InChI is InChI=1S/C10H18/c1-7(2)6-9-8(3)10(9,4)5/h8-9H,1,6H2,2-5H3. The number of hydrogen-bond donors (Lipinski definition) is 0. The zero-order valence-corrected chi connectivity index (χ0v) is 7.57. The smallest absolute Gasteiger partial charge is 0.0289 e. The van der Waals surface area contributed by atoms with Gasteiger partial charge in [-0.15, -0.1) is 6.58 Å². The van der Waals surface area contributed by atoms with E-state index in [-0.39, 0.29) is 0 Å². The van der Waals surface area contributed by atoms with Gasteiger partial charge in [0.15, 0.2) is 0 Å². The Morgan fingerprint density at radius 3 is 2.00 bits per heavy atom. The molecule has 1 aliphatic rings. The molecule has 0 spiro atoms. The number of allylic oxidation sites excluding steroid dienone is 1. The summed E-state index contributed by atoms with van der Waals surface area (Å²) in [6.45, 7) is 13.1. The minimum Gasteiger partial charge on any atom is -0.100 e. The van der Waals surface area contributed by atoms with Crippen LogP contribution in [-0.2, 0) is 0 Å². The molecule has 58 valence electrons. The lowest BCUT2D eigenvalue weighted by Crippen LogP contribution is -1.90. The van der Waals surface area contributed by atoms with E-state index in [1.54, 1.807) is 0 Å². The fourth-order valence-electron chi connectivity index (χ4n) is 1.83. The van der Waals surface area contributed by atoms with E-state index in [9.17, 15) is 0 Å². The minimum absolute atomic E-state index is 0.596. The fraction of sp³-hybridized carbons (Fsp3) is 0.800. The predicted molar refractivity (Wildman–Crippen MR) is 45.9 cm³/mol. The predicted octanol–water partition coefficient (Wildman–Crippen LogP) is 3.24. The fourth-order valence-corrected chi connectivity index (χ4v) is 1.83. The van der Waals surface area contributed by atoms with Crippen molar-refractivity contribution in [2.24, 2.45) is 17.3 Å². The molecule has 0 nitrogen and oxygen atoms in total. The second kappa shape index (κ2) is 2.11. The zero-order valence-electron chi connectivity index (χ0n) is 7.57. The van der Waals surface area contributed by atoms with E-state index in [0.717, 1.165) is 11.8 Å². The molecule has 0 aromatic rings. The summed E-state index contributed by atoms with van der Waals surface area (Å²) in [6.07, 6.45) is 1.23. The van der Waals surface area contributed by atoms with Gasteiger partial charge in [0.2, 0.25) is 0 Å². The highest BCUT2D eigenvalue weighted by Crippen LogP contribution is 2.60. The molecule has 0 aromatic heterocycles. The summed E-state index contributed by atoms with van der Waals surface area (Å²) in [7, 11) is 0. The van der Waals surface area contributed by atoms with Gasteiger partial charge in [0, 0.05) is 0 Å². The van der Waals surface area contributed by atoms with Crippen LogP contribution in [0.2, 0.25) is 0 Å². The molecule has 1 aliphatic carbocycles. The molecule has 0 aromatic carbocycles. The minimum atomic E-state index is 0.596. The third kappa shape index (κ3) is 1.12. The second-order valence-electron chi connectivity index (χ2n) is 4.38. The van der Waals surface area contributed by atoms with Crippen molar-refractivity contribution in [1.82, 2.24) is 0 Å². The van der Waals surface area contributed by atoms with E-state index >= 15 is 0 Å². The first-order valence-corrected chi connectivity index (χ1v) is 4.10. The monoisotopic (exact) mass is 138 g/mol. The van der Waals surface area contributed by atoms with Crippen LogP contribution < -0.4 is 0 Å². The van der Waals surface area contributed by atoms with Crippen molar-refractivity contribution in [3.8, 4) is 0 Å². The third-order valence-electron chi connectivity index (χ3n) is 3.19. The average Bonchev–Trinajstić information content (AvgIpc) is 2.17. The Balaban J connectivity index is 2.42. The Bertz CT molecular complexity index is 153. The molecular weight excluding hydrogens is 120 g/mol. The molecule has 1 saturated carbocycles. The van der Waals surface area contributed by atoms with Gasteiger partial charge in [-0.25, -0.2) is 0 Å². The SMILES string of the molecule is C=C(C)CC1C(C)C1(C)C. The summed E-state index contributed by atoms with van der Waals surface area (Å²) in [5, 5.41) is 0. The first kappa shape index (κ1) is 7.84. The van der Waals surface area contributed by atoms with Crippen LogP contribution in [0.15, 0.2) is 12.2 Å². The first-order valence-electron chi connectivity index (χ1n) is 4.10. The molecule has 0 amide bonds. The Morgan fingerprint density at radius 2 is 1.90 bits per heavy atom.